The van der Waals surface area contributed by atoms with Gasteiger partial charge in [-0.2, -0.15) is 0 Å². The molecule has 5 nitrogen and oxygen atoms in total. The van der Waals surface area contributed by atoms with Gasteiger partial charge in [0.1, 0.15) is 11.6 Å². The first kappa shape index (κ1) is 13.8. The Morgan fingerprint density at radius 2 is 1.89 bits per heavy atom. The highest BCUT2D eigenvalue weighted by Crippen LogP contribution is 2.29. The number of nitrogens with one attached hydrogen (secondary N) is 1. The Bertz CT molecular complexity index is 546. The van der Waals surface area contributed by atoms with Crippen molar-refractivity contribution < 1.29 is 0 Å². The van der Waals surface area contributed by atoms with Gasteiger partial charge in [-0.05, 0) is 25.0 Å². The van der Waals surface area contributed by atoms with Crippen molar-refractivity contribution in [3.63, 3.8) is 0 Å². The van der Waals surface area contributed by atoms with Gasteiger partial charge in [0, 0.05) is 26.1 Å². The molecule has 0 saturated carbocycles. The van der Waals surface area contributed by atoms with Gasteiger partial charge in [0.15, 0.2) is 5.65 Å². The molecule has 2 heterocycles. The van der Waals surface area contributed by atoms with E-state index >= 15 is 0 Å². The van der Waals surface area contributed by atoms with Gasteiger partial charge in [0.05, 0.1) is 5.52 Å². The fourth-order valence-electron chi connectivity index (χ4n) is 2.35. The Hall–Kier alpha value is -1.62. The van der Waals surface area contributed by atoms with Crippen LogP contribution < -0.4 is 10.6 Å². The molecule has 0 aliphatic heterocycles. The molecule has 2 aromatic rings. The second kappa shape index (κ2) is 5.17. The maximum absolute atomic E-state index is 5.97. The van der Waals surface area contributed by atoms with Crippen LogP contribution in [0.4, 0.5) is 5.82 Å². The van der Waals surface area contributed by atoms with Gasteiger partial charge in [-0.1, -0.05) is 13.8 Å². The molecule has 0 amide bonds. The van der Waals surface area contributed by atoms with E-state index in [0.717, 1.165) is 35.6 Å². The molecule has 2 aromatic heterocycles. The predicted molar refractivity (Wildman–Crippen MR) is 79.5 cm³/mol. The molecular formula is C14H23N5. The molecule has 0 atom stereocenters. The van der Waals surface area contributed by atoms with Crippen LogP contribution in [0.2, 0.25) is 0 Å². The summed E-state index contributed by atoms with van der Waals surface area (Å²) >= 11 is 0. The minimum atomic E-state index is -0.0705. The Labute approximate surface area is 114 Å². The lowest BCUT2D eigenvalue weighted by Crippen LogP contribution is -2.35. The van der Waals surface area contributed by atoms with E-state index < -0.39 is 0 Å². The number of H-pyrrole nitrogens is 1. The van der Waals surface area contributed by atoms with Crippen LogP contribution in [0.5, 0.6) is 0 Å². The predicted octanol–water partition coefficient (Wildman–Crippen LogP) is 2.04. The van der Waals surface area contributed by atoms with Crippen molar-refractivity contribution in [1.29, 1.82) is 0 Å². The molecule has 0 aliphatic carbocycles. The smallest absolute Gasteiger partial charge is 0.179 e. The van der Waals surface area contributed by atoms with Crippen LogP contribution >= 0.6 is 0 Å². The van der Waals surface area contributed by atoms with E-state index in [2.05, 4.69) is 28.8 Å². The van der Waals surface area contributed by atoms with Crippen molar-refractivity contribution >= 4 is 17.0 Å². The molecule has 0 bridgehead atoms. The van der Waals surface area contributed by atoms with Gasteiger partial charge >= 0.3 is 0 Å². The molecule has 0 fully saturated rings. The van der Waals surface area contributed by atoms with Crippen LogP contribution in [0.1, 0.15) is 32.5 Å². The number of aromatic nitrogens is 3. The van der Waals surface area contributed by atoms with Crippen LogP contribution in [0.25, 0.3) is 11.2 Å². The van der Waals surface area contributed by atoms with E-state index in [4.69, 9.17) is 5.73 Å². The van der Waals surface area contributed by atoms with E-state index in [1.165, 1.54) is 0 Å². The van der Waals surface area contributed by atoms with E-state index in [-0.39, 0.29) is 5.41 Å². The SMILES string of the molecule is CCC(CC)(CN)c1nc2nc(N(C)C)ccc2[nH]1. The summed E-state index contributed by atoms with van der Waals surface area (Å²) < 4.78 is 0. The zero-order chi connectivity index (χ0) is 14.0. The number of aromatic amines is 1. The summed E-state index contributed by atoms with van der Waals surface area (Å²) in [5.41, 5.74) is 7.64. The summed E-state index contributed by atoms with van der Waals surface area (Å²) in [6.07, 6.45) is 1.95. The second-order valence-corrected chi connectivity index (χ2v) is 5.21. The first-order chi connectivity index (χ1) is 9.06. The van der Waals surface area contributed by atoms with Gasteiger partial charge in [-0.3, -0.25) is 0 Å². The molecule has 0 saturated heterocycles. The van der Waals surface area contributed by atoms with Gasteiger partial charge in [-0.25, -0.2) is 9.97 Å². The molecule has 104 valence electrons. The second-order valence-electron chi connectivity index (χ2n) is 5.21. The van der Waals surface area contributed by atoms with Gasteiger partial charge in [0.2, 0.25) is 0 Å². The molecule has 0 aromatic carbocycles. The van der Waals surface area contributed by atoms with Crippen LogP contribution in [0.15, 0.2) is 12.1 Å². The number of fused-ring (bicyclic) bond motifs is 1. The zero-order valence-corrected chi connectivity index (χ0v) is 12.2. The highest BCUT2D eigenvalue weighted by atomic mass is 15.2. The molecule has 0 unspecified atom stereocenters. The number of hydrogen-bond donors (Lipinski definition) is 2. The van der Waals surface area contributed by atoms with Crippen molar-refractivity contribution in [3.05, 3.63) is 18.0 Å². The summed E-state index contributed by atoms with van der Waals surface area (Å²) in [7, 11) is 3.95. The summed E-state index contributed by atoms with van der Waals surface area (Å²) in [5.74, 6) is 1.87. The van der Waals surface area contributed by atoms with Crippen molar-refractivity contribution in [1.82, 2.24) is 15.0 Å². The first-order valence-corrected chi connectivity index (χ1v) is 6.81. The summed E-state index contributed by atoms with van der Waals surface area (Å²) in [6, 6.07) is 4.02. The van der Waals surface area contributed by atoms with Crippen LogP contribution in [0.3, 0.4) is 0 Å². The minimum Gasteiger partial charge on any atom is -0.363 e. The first-order valence-electron chi connectivity index (χ1n) is 6.81. The Morgan fingerprint density at radius 3 is 2.42 bits per heavy atom. The van der Waals surface area contributed by atoms with E-state index in [9.17, 15) is 0 Å². The van der Waals surface area contributed by atoms with Crippen LogP contribution in [0, 0.1) is 0 Å². The molecule has 19 heavy (non-hydrogen) atoms. The maximum atomic E-state index is 5.97. The fraction of sp³-hybridized carbons (Fsp3) is 0.571. The average molecular weight is 261 g/mol. The number of rotatable bonds is 5. The van der Waals surface area contributed by atoms with Gasteiger partial charge < -0.3 is 15.6 Å². The Morgan fingerprint density at radius 1 is 1.21 bits per heavy atom. The third-order valence-corrected chi connectivity index (χ3v) is 4.04. The van der Waals surface area contributed by atoms with E-state index in [1.807, 2.05) is 31.1 Å². The molecule has 3 N–H and O–H groups in total. The monoisotopic (exact) mass is 261 g/mol. The molecule has 2 rings (SSSR count). The van der Waals surface area contributed by atoms with Crippen LogP contribution in [-0.2, 0) is 5.41 Å². The Balaban J connectivity index is 2.52. The summed E-state index contributed by atoms with van der Waals surface area (Å²) in [4.78, 5) is 14.6. The Kier molecular flexibility index (Phi) is 3.75. The number of pyridine rings is 1. The zero-order valence-electron chi connectivity index (χ0n) is 12.2. The van der Waals surface area contributed by atoms with Crippen molar-refractivity contribution in [2.24, 2.45) is 5.73 Å². The molecular weight excluding hydrogens is 238 g/mol. The number of anilines is 1. The normalized spacial score (nSPS) is 12.1. The third kappa shape index (κ3) is 2.30. The van der Waals surface area contributed by atoms with Crippen LogP contribution in [-0.4, -0.2) is 35.6 Å². The largest absolute Gasteiger partial charge is 0.363 e. The quantitative estimate of drug-likeness (QED) is 0.864. The number of nitrogens with zero attached hydrogens (tertiary/aromatic N) is 3. The minimum absolute atomic E-state index is 0.0705. The molecule has 0 aliphatic rings. The molecule has 0 radical (unpaired) electrons. The van der Waals surface area contributed by atoms with Crippen molar-refractivity contribution in [2.75, 3.05) is 25.5 Å². The highest BCUT2D eigenvalue weighted by Gasteiger charge is 2.30. The lowest BCUT2D eigenvalue weighted by atomic mass is 9.82. The molecule has 5 heteroatoms. The molecule has 0 spiro atoms. The summed E-state index contributed by atoms with van der Waals surface area (Å²) in [6.45, 7) is 4.91. The topological polar surface area (TPSA) is 70.8 Å². The number of hydrogen-bond acceptors (Lipinski definition) is 4. The lowest BCUT2D eigenvalue weighted by Gasteiger charge is -2.27. The van der Waals surface area contributed by atoms with Crippen molar-refractivity contribution in [3.8, 4) is 0 Å². The van der Waals surface area contributed by atoms with Crippen molar-refractivity contribution in [2.45, 2.75) is 32.1 Å². The lowest BCUT2D eigenvalue weighted by molar-refractivity contribution is 0.387. The third-order valence-electron chi connectivity index (χ3n) is 4.04. The number of imidazole rings is 1. The van der Waals surface area contributed by atoms with E-state index in [0.29, 0.717) is 6.54 Å². The average Bonchev–Trinajstić information content (AvgIpc) is 2.84. The summed E-state index contributed by atoms with van der Waals surface area (Å²) in [5, 5.41) is 0. The van der Waals surface area contributed by atoms with Gasteiger partial charge in [-0.15, -0.1) is 0 Å². The fourth-order valence-corrected chi connectivity index (χ4v) is 2.35. The standard InChI is InChI=1S/C14H23N5/c1-5-14(6-2,9-15)13-16-10-7-8-11(19(3)4)17-12(10)18-13/h7-8H,5-6,9,15H2,1-4H3,(H,16,17,18). The number of nitrogens with two attached hydrogens (primary N) is 1. The van der Waals surface area contributed by atoms with Gasteiger partial charge in [0.25, 0.3) is 0 Å². The highest BCUT2D eigenvalue weighted by molar-refractivity contribution is 5.73. The maximum Gasteiger partial charge on any atom is 0.179 e. The van der Waals surface area contributed by atoms with E-state index in [1.54, 1.807) is 0 Å².